The number of hydrogen-bond acceptors (Lipinski definition) is 6. The summed E-state index contributed by atoms with van der Waals surface area (Å²) in [6.45, 7) is 2.86. The maximum atomic E-state index is 13.6. The van der Waals surface area contributed by atoms with Crippen LogP contribution in [0.2, 0.25) is 5.02 Å². The molecule has 2 N–H and O–H groups in total. The zero-order valence-electron chi connectivity index (χ0n) is 14.1. The van der Waals surface area contributed by atoms with E-state index in [1.807, 2.05) is 11.4 Å². The second-order valence-corrected chi connectivity index (χ2v) is 9.36. The third-order valence-electron chi connectivity index (χ3n) is 5.38. The van der Waals surface area contributed by atoms with E-state index in [1.165, 1.54) is 54.8 Å². The number of nitrogen functional groups attached to an aromatic ring is 1. The molecule has 5 nitrogen and oxygen atoms in total. The minimum Gasteiger partial charge on any atom is -0.627 e. The van der Waals surface area contributed by atoms with Gasteiger partial charge in [-0.05, 0) is 30.2 Å². The second-order valence-electron chi connectivity index (χ2n) is 7.00. The van der Waals surface area contributed by atoms with Crippen molar-refractivity contribution < 1.29 is 0 Å². The van der Waals surface area contributed by atoms with Crippen LogP contribution in [0.15, 0.2) is 11.4 Å². The maximum absolute atomic E-state index is 13.6. The van der Waals surface area contributed by atoms with Gasteiger partial charge in [0.15, 0.2) is 10.8 Å². The van der Waals surface area contributed by atoms with Gasteiger partial charge in [0, 0.05) is 24.5 Å². The lowest BCUT2D eigenvalue weighted by molar-refractivity contribution is 0.102. The summed E-state index contributed by atoms with van der Waals surface area (Å²) in [4.78, 5) is 7.90. The molecule has 8 heteroatoms. The van der Waals surface area contributed by atoms with Gasteiger partial charge in [0.2, 0.25) is 5.00 Å². The molecular weight excluding hydrogens is 376 g/mol. The van der Waals surface area contributed by atoms with Crippen LogP contribution in [-0.4, -0.2) is 42.1 Å². The monoisotopic (exact) mass is 398 g/mol. The third-order valence-corrected chi connectivity index (χ3v) is 7.69. The summed E-state index contributed by atoms with van der Waals surface area (Å²) < 4.78 is -0.317. The van der Waals surface area contributed by atoms with Crippen LogP contribution >= 0.6 is 34.3 Å². The fraction of sp³-hybridized carbons (Fsp3) is 0.588. The van der Waals surface area contributed by atoms with E-state index in [1.54, 1.807) is 0 Å². The summed E-state index contributed by atoms with van der Waals surface area (Å²) in [6, 6.07) is 2.54. The molecule has 0 spiro atoms. The van der Waals surface area contributed by atoms with Crippen LogP contribution in [0.1, 0.15) is 32.1 Å². The van der Waals surface area contributed by atoms with E-state index < -0.39 is 0 Å². The van der Waals surface area contributed by atoms with E-state index in [-0.39, 0.29) is 4.65 Å². The average molecular weight is 399 g/mol. The van der Waals surface area contributed by atoms with Crippen molar-refractivity contribution in [1.82, 2.24) is 14.5 Å². The van der Waals surface area contributed by atoms with Gasteiger partial charge in [-0.3, -0.25) is 4.90 Å². The molecule has 0 unspecified atom stereocenters. The average Bonchev–Trinajstić information content (AvgIpc) is 3.22. The predicted octanol–water partition coefficient (Wildman–Crippen LogP) is 4.56. The first kappa shape index (κ1) is 17.7. The lowest BCUT2D eigenvalue weighted by Crippen LogP contribution is -2.59. The molecule has 2 fully saturated rings. The van der Waals surface area contributed by atoms with Crippen LogP contribution in [0.5, 0.6) is 0 Å². The van der Waals surface area contributed by atoms with E-state index in [2.05, 4.69) is 9.88 Å². The Morgan fingerprint density at radius 2 is 1.96 bits per heavy atom. The van der Waals surface area contributed by atoms with Crippen LogP contribution in [0.3, 0.4) is 0 Å². The molecule has 136 valence electrons. The quantitative estimate of drug-likeness (QED) is 0.607. The molecule has 2 aliphatic rings. The summed E-state index contributed by atoms with van der Waals surface area (Å²) in [5, 5.41) is 17.3. The largest absolute Gasteiger partial charge is 0.627 e. The Balaban J connectivity index is 1.54. The first-order valence-electron chi connectivity index (χ1n) is 8.88. The van der Waals surface area contributed by atoms with Crippen LogP contribution < -0.4 is 10.4 Å². The van der Waals surface area contributed by atoms with E-state index in [0.29, 0.717) is 29.3 Å². The fourth-order valence-electron chi connectivity index (χ4n) is 4.02. The number of halogens is 1. The van der Waals surface area contributed by atoms with Crippen LogP contribution in [0.25, 0.3) is 10.6 Å². The van der Waals surface area contributed by atoms with Gasteiger partial charge in [-0.25, -0.2) is 4.98 Å². The van der Waals surface area contributed by atoms with Crippen LogP contribution in [0, 0.1) is 5.21 Å². The summed E-state index contributed by atoms with van der Waals surface area (Å²) in [6.07, 6.45) is 6.58. The molecule has 1 saturated heterocycles. The molecule has 2 aromatic heterocycles. The molecule has 3 heterocycles. The molecule has 1 saturated carbocycles. The zero-order chi connectivity index (χ0) is 17.4. The highest BCUT2D eigenvalue weighted by Gasteiger charge is 2.35. The van der Waals surface area contributed by atoms with Crippen molar-refractivity contribution in [3.8, 4) is 10.6 Å². The third kappa shape index (κ3) is 3.59. The number of nitrogens with zero attached hydrogens (tertiary/aromatic N) is 3. The SMILES string of the molecule is Nc1nc(-c2cc(Cl)cs2)c([N+]2([O-])CCN(C3CCCCC3)CC2)s1. The van der Waals surface area contributed by atoms with Crippen molar-refractivity contribution in [2.75, 3.05) is 31.9 Å². The highest BCUT2D eigenvalue weighted by atomic mass is 35.5. The Bertz CT molecular complexity index is 733. The standard InChI is InChI=1S/C17H23ClN4OS2/c18-12-10-14(24-11-12)15-16(25-17(19)20-15)22(23)8-6-21(7-9-22)13-4-2-1-3-5-13/h10-11,13H,1-9H2,(H2,19,20). The lowest BCUT2D eigenvalue weighted by Gasteiger charge is -2.49. The number of hydrogen-bond donors (Lipinski definition) is 1. The topological polar surface area (TPSA) is 65.2 Å². The molecule has 0 amide bonds. The maximum Gasteiger partial charge on any atom is 0.219 e. The van der Waals surface area contributed by atoms with Crippen molar-refractivity contribution in [3.63, 3.8) is 0 Å². The highest BCUT2D eigenvalue weighted by molar-refractivity contribution is 7.20. The molecule has 0 atom stereocenters. The van der Waals surface area contributed by atoms with Gasteiger partial charge in [0.1, 0.15) is 0 Å². The Hall–Kier alpha value is -0.700. The van der Waals surface area contributed by atoms with Gasteiger partial charge in [0.25, 0.3) is 0 Å². The first-order valence-corrected chi connectivity index (χ1v) is 11.0. The lowest BCUT2D eigenvalue weighted by atomic mass is 9.94. The number of hydroxylamine groups is 2. The Kier molecular flexibility index (Phi) is 5.05. The molecule has 1 aliphatic heterocycles. The number of nitrogens with two attached hydrogens (primary N) is 1. The number of thiazole rings is 1. The zero-order valence-corrected chi connectivity index (χ0v) is 16.5. The number of rotatable bonds is 3. The van der Waals surface area contributed by atoms with Crippen molar-refractivity contribution in [2.24, 2.45) is 0 Å². The Labute approximate surface area is 161 Å². The highest BCUT2D eigenvalue weighted by Crippen LogP contribution is 2.44. The fourth-order valence-corrected chi connectivity index (χ4v) is 6.08. The normalized spacial score (nSPS) is 22.3. The van der Waals surface area contributed by atoms with Gasteiger partial charge in [-0.1, -0.05) is 30.9 Å². The van der Waals surface area contributed by atoms with Crippen molar-refractivity contribution in [1.29, 1.82) is 0 Å². The Morgan fingerprint density at radius 1 is 1.24 bits per heavy atom. The number of anilines is 1. The van der Waals surface area contributed by atoms with Gasteiger partial charge in [-0.15, -0.1) is 11.3 Å². The van der Waals surface area contributed by atoms with Crippen LogP contribution in [0.4, 0.5) is 10.1 Å². The van der Waals surface area contributed by atoms with Crippen molar-refractivity contribution in [2.45, 2.75) is 38.1 Å². The number of quaternary nitrogens is 1. The van der Waals surface area contributed by atoms with Gasteiger partial charge in [-0.2, -0.15) is 0 Å². The first-order chi connectivity index (χ1) is 12.0. The van der Waals surface area contributed by atoms with Crippen molar-refractivity contribution >= 4 is 44.4 Å². The smallest absolute Gasteiger partial charge is 0.219 e. The summed E-state index contributed by atoms with van der Waals surface area (Å²) in [7, 11) is 0. The number of thiophene rings is 1. The summed E-state index contributed by atoms with van der Waals surface area (Å²) in [5.41, 5.74) is 6.68. The van der Waals surface area contributed by atoms with Gasteiger partial charge >= 0.3 is 0 Å². The van der Waals surface area contributed by atoms with Crippen LogP contribution in [-0.2, 0) is 0 Å². The van der Waals surface area contributed by atoms with E-state index in [4.69, 9.17) is 17.3 Å². The molecular formula is C17H23ClN4OS2. The number of piperazine rings is 1. The van der Waals surface area contributed by atoms with Gasteiger partial charge in [0.05, 0.1) is 23.0 Å². The molecule has 1 aliphatic carbocycles. The van der Waals surface area contributed by atoms with Gasteiger partial charge < -0.3 is 15.6 Å². The van der Waals surface area contributed by atoms with E-state index >= 15 is 0 Å². The predicted molar refractivity (Wildman–Crippen MR) is 108 cm³/mol. The summed E-state index contributed by atoms with van der Waals surface area (Å²) >= 11 is 8.91. The molecule has 0 aromatic carbocycles. The Morgan fingerprint density at radius 3 is 2.60 bits per heavy atom. The van der Waals surface area contributed by atoms with E-state index in [9.17, 15) is 5.21 Å². The summed E-state index contributed by atoms with van der Waals surface area (Å²) in [5.74, 6) is 0. The number of aromatic nitrogens is 1. The van der Waals surface area contributed by atoms with E-state index in [0.717, 1.165) is 28.7 Å². The molecule has 2 aromatic rings. The van der Waals surface area contributed by atoms with Crippen molar-refractivity contribution in [3.05, 3.63) is 21.7 Å². The second kappa shape index (κ2) is 7.13. The molecule has 4 rings (SSSR count). The minimum atomic E-state index is -0.317. The molecule has 25 heavy (non-hydrogen) atoms. The minimum absolute atomic E-state index is 0.317. The molecule has 0 bridgehead atoms. The molecule has 0 radical (unpaired) electrons.